The first kappa shape index (κ1) is 14.4. The molecule has 2 aromatic rings. The summed E-state index contributed by atoms with van der Waals surface area (Å²) in [7, 11) is 0. The van der Waals surface area contributed by atoms with E-state index in [2.05, 4.69) is 21.2 Å². The van der Waals surface area contributed by atoms with E-state index >= 15 is 0 Å². The molecule has 1 amide bonds. The van der Waals surface area contributed by atoms with Gasteiger partial charge in [-0.2, -0.15) is 0 Å². The predicted octanol–water partition coefficient (Wildman–Crippen LogP) is 5.32. The van der Waals surface area contributed by atoms with Gasteiger partial charge in [-0.1, -0.05) is 45.2 Å². The number of hydrogen-bond donors (Lipinski definition) is 1. The second-order valence-electron chi connectivity index (χ2n) is 4.08. The molecule has 0 unspecified atom stereocenters. The fraction of sp³-hybridized carbons (Fsp3) is 0.0714. The molecule has 0 bridgehead atoms. The largest absolute Gasteiger partial charge is 0.322 e. The lowest BCUT2D eigenvalue weighted by Gasteiger charge is -2.07. The average molecular weight is 359 g/mol. The Balaban J connectivity index is 2.22. The van der Waals surface area contributed by atoms with Gasteiger partial charge in [-0.25, -0.2) is 0 Å². The highest BCUT2D eigenvalue weighted by Crippen LogP contribution is 2.23. The van der Waals surface area contributed by atoms with Crippen molar-refractivity contribution in [2.45, 2.75) is 6.92 Å². The third-order valence-electron chi connectivity index (χ3n) is 2.55. The molecule has 0 aromatic heterocycles. The van der Waals surface area contributed by atoms with Gasteiger partial charge in [0.2, 0.25) is 0 Å². The van der Waals surface area contributed by atoms with Crippen molar-refractivity contribution in [2.24, 2.45) is 0 Å². The first-order valence-electron chi connectivity index (χ1n) is 5.49. The topological polar surface area (TPSA) is 29.1 Å². The molecule has 0 saturated heterocycles. The number of carbonyl (C=O) groups is 1. The van der Waals surface area contributed by atoms with Gasteiger partial charge < -0.3 is 5.32 Å². The second-order valence-corrected chi connectivity index (χ2v) is 5.84. The van der Waals surface area contributed by atoms with Crippen LogP contribution in [0, 0.1) is 6.92 Å². The van der Waals surface area contributed by atoms with E-state index in [0.717, 1.165) is 10.0 Å². The van der Waals surface area contributed by atoms with Crippen LogP contribution in [0.2, 0.25) is 10.0 Å². The van der Waals surface area contributed by atoms with E-state index in [-0.39, 0.29) is 5.91 Å². The molecule has 0 aliphatic carbocycles. The van der Waals surface area contributed by atoms with E-state index < -0.39 is 0 Å². The standard InChI is InChI=1S/C14H10BrCl2NO/c1-8-2-3-12(7-13(8)17)18-14(19)9-4-10(15)6-11(16)5-9/h2-7H,1H3,(H,18,19). The molecule has 0 atom stereocenters. The number of halogens is 3. The summed E-state index contributed by atoms with van der Waals surface area (Å²) in [6.07, 6.45) is 0. The van der Waals surface area contributed by atoms with Crippen LogP contribution in [0.4, 0.5) is 5.69 Å². The van der Waals surface area contributed by atoms with Gasteiger partial charge in [0, 0.05) is 25.8 Å². The normalized spacial score (nSPS) is 10.3. The smallest absolute Gasteiger partial charge is 0.255 e. The third kappa shape index (κ3) is 3.72. The Hall–Kier alpha value is -1.03. The van der Waals surface area contributed by atoms with Crippen LogP contribution in [0.15, 0.2) is 40.9 Å². The van der Waals surface area contributed by atoms with Gasteiger partial charge in [0.25, 0.3) is 5.91 Å². The van der Waals surface area contributed by atoms with Gasteiger partial charge in [0.05, 0.1) is 0 Å². The zero-order valence-corrected chi connectivity index (χ0v) is 13.1. The number of nitrogens with one attached hydrogen (secondary N) is 1. The molecule has 2 nitrogen and oxygen atoms in total. The van der Waals surface area contributed by atoms with Gasteiger partial charge in [0.15, 0.2) is 0 Å². The molecule has 0 aliphatic heterocycles. The lowest BCUT2D eigenvalue weighted by atomic mass is 10.2. The Morgan fingerprint density at radius 3 is 2.53 bits per heavy atom. The Morgan fingerprint density at radius 1 is 1.16 bits per heavy atom. The Labute approximate surface area is 129 Å². The molecule has 19 heavy (non-hydrogen) atoms. The van der Waals surface area contributed by atoms with Crippen LogP contribution in [0.3, 0.4) is 0 Å². The van der Waals surface area contributed by atoms with Crippen LogP contribution in [0.1, 0.15) is 15.9 Å². The fourth-order valence-electron chi connectivity index (χ4n) is 1.56. The third-order valence-corrected chi connectivity index (χ3v) is 3.64. The van der Waals surface area contributed by atoms with Crippen molar-refractivity contribution >= 4 is 50.7 Å². The van der Waals surface area contributed by atoms with Crippen molar-refractivity contribution in [3.05, 3.63) is 62.0 Å². The molecule has 0 aliphatic rings. The van der Waals surface area contributed by atoms with E-state index in [4.69, 9.17) is 23.2 Å². The van der Waals surface area contributed by atoms with Crippen molar-refractivity contribution in [1.29, 1.82) is 0 Å². The second kappa shape index (κ2) is 5.95. The molecule has 0 saturated carbocycles. The van der Waals surface area contributed by atoms with Crippen LogP contribution < -0.4 is 5.32 Å². The highest BCUT2D eigenvalue weighted by atomic mass is 79.9. The maximum absolute atomic E-state index is 12.1. The SMILES string of the molecule is Cc1ccc(NC(=O)c2cc(Cl)cc(Br)c2)cc1Cl. The summed E-state index contributed by atoms with van der Waals surface area (Å²) < 4.78 is 0.757. The number of hydrogen-bond acceptors (Lipinski definition) is 1. The maximum atomic E-state index is 12.1. The predicted molar refractivity (Wildman–Crippen MR) is 83.3 cm³/mol. The van der Waals surface area contributed by atoms with E-state index in [1.807, 2.05) is 13.0 Å². The first-order chi connectivity index (χ1) is 8.95. The minimum atomic E-state index is -0.233. The molecule has 2 rings (SSSR count). The van der Waals surface area contributed by atoms with E-state index in [0.29, 0.717) is 21.3 Å². The van der Waals surface area contributed by atoms with Gasteiger partial charge in [-0.3, -0.25) is 4.79 Å². The highest BCUT2D eigenvalue weighted by molar-refractivity contribution is 9.10. The van der Waals surface area contributed by atoms with Gasteiger partial charge in [-0.05, 0) is 42.8 Å². The minimum Gasteiger partial charge on any atom is -0.322 e. The summed E-state index contributed by atoms with van der Waals surface area (Å²) in [5.41, 5.74) is 2.10. The summed E-state index contributed by atoms with van der Waals surface area (Å²) >= 11 is 15.2. The maximum Gasteiger partial charge on any atom is 0.255 e. The number of amides is 1. The summed E-state index contributed by atoms with van der Waals surface area (Å²) in [4.78, 5) is 12.1. The lowest BCUT2D eigenvalue weighted by Crippen LogP contribution is -2.11. The van der Waals surface area contributed by atoms with Crippen LogP contribution in [0.25, 0.3) is 0 Å². The zero-order valence-electron chi connectivity index (χ0n) is 10.0. The number of benzene rings is 2. The number of aryl methyl sites for hydroxylation is 1. The molecule has 5 heteroatoms. The quantitative estimate of drug-likeness (QED) is 0.773. The monoisotopic (exact) mass is 357 g/mol. The zero-order chi connectivity index (χ0) is 14.0. The van der Waals surface area contributed by atoms with Crippen molar-refractivity contribution < 1.29 is 4.79 Å². The Bertz CT molecular complexity index is 623. The summed E-state index contributed by atoms with van der Waals surface area (Å²) in [5.74, 6) is -0.233. The fourth-order valence-corrected chi connectivity index (χ4v) is 2.60. The molecule has 0 fully saturated rings. The number of carbonyl (C=O) groups excluding carboxylic acids is 1. The Kier molecular flexibility index (Phi) is 4.50. The van der Waals surface area contributed by atoms with Crippen molar-refractivity contribution in [3.63, 3.8) is 0 Å². The van der Waals surface area contributed by atoms with Gasteiger partial charge in [-0.15, -0.1) is 0 Å². The molecule has 1 N–H and O–H groups in total. The highest BCUT2D eigenvalue weighted by Gasteiger charge is 2.08. The van der Waals surface area contributed by atoms with E-state index in [1.165, 1.54) is 0 Å². The van der Waals surface area contributed by atoms with Crippen molar-refractivity contribution in [2.75, 3.05) is 5.32 Å². The Morgan fingerprint density at radius 2 is 1.89 bits per heavy atom. The average Bonchev–Trinajstić information content (AvgIpc) is 2.32. The molecule has 0 radical (unpaired) electrons. The van der Waals surface area contributed by atoms with Crippen molar-refractivity contribution in [1.82, 2.24) is 0 Å². The number of anilines is 1. The summed E-state index contributed by atoms with van der Waals surface area (Å²) in [6.45, 7) is 1.90. The molecule has 0 heterocycles. The van der Waals surface area contributed by atoms with Crippen LogP contribution in [0.5, 0.6) is 0 Å². The van der Waals surface area contributed by atoms with E-state index in [1.54, 1.807) is 30.3 Å². The number of rotatable bonds is 2. The van der Waals surface area contributed by atoms with E-state index in [9.17, 15) is 4.79 Å². The van der Waals surface area contributed by atoms with Crippen molar-refractivity contribution in [3.8, 4) is 0 Å². The molecular formula is C14H10BrCl2NO. The lowest BCUT2D eigenvalue weighted by molar-refractivity contribution is 0.102. The molecule has 2 aromatic carbocycles. The summed E-state index contributed by atoms with van der Waals surface area (Å²) in [6, 6.07) is 10.4. The van der Waals surface area contributed by atoms with Gasteiger partial charge in [0.1, 0.15) is 0 Å². The van der Waals surface area contributed by atoms with Crippen LogP contribution in [-0.2, 0) is 0 Å². The minimum absolute atomic E-state index is 0.233. The molecular weight excluding hydrogens is 349 g/mol. The van der Waals surface area contributed by atoms with Crippen LogP contribution in [-0.4, -0.2) is 5.91 Å². The molecule has 0 spiro atoms. The first-order valence-corrected chi connectivity index (χ1v) is 7.04. The molecule has 98 valence electrons. The van der Waals surface area contributed by atoms with Gasteiger partial charge >= 0.3 is 0 Å². The van der Waals surface area contributed by atoms with Crippen LogP contribution >= 0.6 is 39.1 Å². The summed E-state index contributed by atoms with van der Waals surface area (Å²) in [5, 5.41) is 3.90.